The fourth-order valence-electron chi connectivity index (χ4n) is 3.57. The van der Waals surface area contributed by atoms with Crippen LogP contribution in [-0.4, -0.2) is 58.1 Å². The van der Waals surface area contributed by atoms with E-state index in [1.807, 2.05) is 6.92 Å². The largest absolute Gasteiger partial charge is 0.379 e. The zero-order valence-electron chi connectivity index (χ0n) is 18.9. The summed E-state index contributed by atoms with van der Waals surface area (Å²) >= 11 is 0. The number of ether oxygens (including phenoxy) is 2. The van der Waals surface area contributed by atoms with E-state index in [0.29, 0.717) is 25.4 Å². The molecule has 10 heteroatoms. The van der Waals surface area contributed by atoms with E-state index in [-0.39, 0.29) is 30.2 Å². The number of nitrogens with zero attached hydrogens (tertiary/aromatic N) is 1. The van der Waals surface area contributed by atoms with Crippen LogP contribution in [0.3, 0.4) is 0 Å². The minimum absolute atomic E-state index is 0.0884. The van der Waals surface area contributed by atoms with E-state index < -0.39 is 33.6 Å². The topological polar surface area (TPSA) is 84.9 Å². The van der Waals surface area contributed by atoms with Crippen molar-refractivity contribution in [3.63, 3.8) is 0 Å². The van der Waals surface area contributed by atoms with Crippen molar-refractivity contribution in [2.24, 2.45) is 0 Å². The lowest BCUT2D eigenvalue weighted by atomic mass is 10.00. The van der Waals surface area contributed by atoms with Crippen LogP contribution in [0, 0.1) is 11.6 Å². The molecular weight excluding hydrogens is 466 g/mol. The highest BCUT2D eigenvalue weighted by Gasteiger charge is 2.40. The molecule has 1 aliphatic heterocycles. The number of hydrogen-bond acceptors (Lipinski definition) is 5. The molecule has 0 fully saturated rings. The van der Waals surface area contributed by atoms with E-state index in [2.05, 4.69) is 5.32 Å². The van der Waals surface area contributed by atoms with Gasteiger partial charge in [0.1, 0.15) is 11.6 Å². The highest BCUT2D eigenvalue weighted by Crippen LogP contribution is 2.37. The third-order valence-corrected chi connectivity index (χ3v) is 7.00. The Bertz CT molecular complexity index is 1110. The number of halogens is 2. The summed E-state index contributed by atoms with van der Waals surface area (Å²) < 4.78 is 65.7. The van der Waals surface area contributed by atoms with Crippen molar-refractivity contribution < 1.29 is 31.5 Å². The normalized spacial score (nSPS) is 16.4. The molecule has 0 bridgehead atoms. The number of sulfonamides is 1. The van der Waals surface area contributed by atoms with Crippen molar-refractivity contribution in [3.05, 3.63) is 77.4 Å². The maximum atomic E-state index is 13.7. The smallest absolute Gasteiger partial charge is 0.249 e. The summed E-state index contributed by atoms with van der Waals surface area (Å²) in [4.78, 5) is 12.7. The molecule has 3 rings (SSSR count). The zero-order chi connectivity index (χ0) is 24.6. The fourth-order valence-corrected chi connectivity index (χ4v) is 5.14. The minimum Gasteiger partial charge on any atom is -0.379 e. The first-order chi connectivity index (χ1) is 16.3. The molecule has 0 aromatic heterocycles. The van der Waals surface area contributed by atoms with Gasteiger partial charge in [0.15, 0.2) is 0 Å². The molecule has 1 aliphatic rings. The standard InChI is InChI=1S/C24H28F2N2O5S/c1-2-13-32-15-16-33-14-11-27-24(29)22-10-12-28(23(22)18-6-8-19(25)9-7-18)34(30,31)21-5-3-4-20(26)17-21/h3-10,17,23H,2,11-16H2,1H3,(H,27,29). The van der Waals surface area contributed by atoms with E-state index in [0.717, 1.165) is 22.9 Å². The molecule has 2 aromatic carbocycles. The van der Waals surface area contributed by atoms with Gasteiger partial charge in [0.25, 0.3) is 0 Å². The minimum atomic E-state index is -4.15. The molecule has 7 nitrogen and oxygen atoms in total. The number of hydrogen-bond donors (Lipinski definition) is 1. The van der Waals surface area contributed by atoms with Crippen LogP contribution in [0.4, 0.5) is 8.78 Å². The van der Waals surface area contributed by atoms with Gasteiger partial charge in [-0.25, -0.2) is 17.2 Å². The first kappa shape index (κ1) is 26.0. The quantitative estimate of drug-likeness (QED) is 0.458. The van der Waals surface area contributed by atoms with Crippen molar-refractivity contribution in [1.29, 1.82) is 0 Å². The second kappa shape index (κ2) is 12.2. The predicted octanol–water partition coefficient (Wildman–Crippen LogP) is 3.20. The Morgan fingerprint density at radius 1 is 1.03 bits per heavy atom. The van der Waals surface area contributed by atoms with E-state index >= 15 is 0 Å². The average molecular weight is 495 g/mol. The van der Waals surface area contributed by atoms with Crippen molar-refractivity contribution in [1.82, 2.24) is 9.62 Å². The monoisotopic (exact) mass is 494 g/mol. The van der Waals surface area contributed by atoms with E-state index in [1.54, 1.807) is 0 Å². The molecule has 1 amide bonds. The molecular formula is C24H28F2N2O5S. The molecule has 34 heavy (non-hydrogen) atoms. The van der Waals surface area contributed by atoms with E-state index in [1.165, 1.54) is 42.5 Å². The summed E-state index contributed by atoms with van der Waals surface area (Å²) in [6, 6.07) is 8.94. The molecule has 0 saturated heterocycles. The predicted molar refractivity (Wildman–Crippen MR) is 122 cm³/mol. The summed E-state index contributed by atoms with van der Waals surface area (Å²) in [5.74, 6) is -1.64. The highest BCUT2D eigenvalue weighted by atomic mass is 32.2. The Balaban J connectivity index is 1.73. The molecule has 0 saturated carbocycles. The highest BCUT2D eigenvalue weighted by molar-refractivity contribution is 7.89. The van der Waals surface area contributed by atoms with Crippen molar-refractivity contribution >= 4 is 15.9 Å². The molecule has 0 aliphatic carbocycles. The maximum absolute atomic E-state index is 13.7. The van der Waals surface area contributed by atoms with Crippen LogP contribution in [0.5, 0.6) is 0 Å². The lowest BCUT2D eigenvalue weighted by Gasteiger charge is -2.27. The number of rotatable bonds is 12. The zero-order valence-corrected chi connectivity index (χ0v) is 19.7. The van der Waals surface area contributed by atoms with E-state index in [9.17, 15) is 22.0 Å². The number of benzene rings is 2. The first-order valence-corrected chi connectivity index (χ1v) is 12.4. The molecule has 1 unspecified atom stereocenters. The molecule has 0 spiro atoms. The summed E-state index contributed by atoms with van der Waals surface area (Å²) in [6.45, 7) is 3.93. The Labute approximate surface area is 198 Å². The lowest BCUT2D eigenvalue weighted by molar-refractivity contribution is -0.118. The second-order valence-electron chi connectivity index (χ2n) is 7.63. The number of carbonyl (C=O) groups is 1. The third kappa shape index (κ3) is 6.47. The summed E-state index contributed by atoms with van der Waals surface area (Å²) in [6.07, 6.45) is 2.44. The lowest BCUT2D eigenvalue weighted by Crippen LogP contribution is -2.36. The Kier molecular flexibility index (Phi) is 9.28. The Morgan fingerprint density at radius 3 is 2.41 bits per heavy atom. The van der Waals surface area contributed by atoms with Crippen molar-refractivity contribution in [3.8, 4) is 0 Å². The van der Waals surface area contributed by atoms with Gasteiger partial charge < -0.3 is 14.8 Å². The van der Waals surface area contributed by atoms with Gasteiger partial charge in [-0.2, -0.15) is 4.31 Å². The van der Waals surface area contributed by atoms with Crippen LogP contribution in [0.25, 0.3) is 0 Å². The van der Waals surface area contributed by atoms with Gasteiger partial charge in [-0.3, -0.25) is 4.79 Å². The number of carbonyl (C=O) groups excluding carboxylic acids is 1. The van der Waals surface area contributed by atoms with Crippen molar-refractivity contribution in [2.45, 2.75) is 24.3 Å². The van der Waals surface area contributed by atoms with Crippen LogP contribution in [0.15, 0.2) is 65.1 Å². The summed E-state index contributed by atoms with van der Waals surface area (Å²) in [5, 5.41) is 2.73. The van der Waals surface area contributed by atoms with Crippen molar-refractivity contribution in [2.75, 3.05) is 39.5 Å². The maximum Gasteiger partial charge on any atom is 0.249 e. The van der Waals surface area contributed by atoms with Crippen LogP contribution in [-0.2, 0) is 24.3 Å². The molecule has 184 valence electrons. The molecule has 1 heterocycles. The van der Waals surface area contributed by atoms with Crippen LogP contribution in [0.1, 0.15) is 24.9 Å². The average Bonchev–Trinajstić information content (AvgIpc) is 3.27. The van der Waals surface area contributed by atoms with Gasteiger partial charge in [-0.1, -0.05) is 31.2 Å². The van der Waals surface area contributed by atoms with E-state index in [4.69, 9.17) is 9.47 Å². The molecule has 0 radical (unpaired) electrons. The molecule has 1 atom stereocenters. The van der Waals surface area contributed by atoms with Gasteiger partial charge in [0.05, 0.1) is 30.8 Å². The fraction of sp³-hybridized carbons (Fsp3) is 0.375. The van der Waals surface area contributed by atoms with Crippen LogP contribution >= 0.6 is 0 Å². The van der Waals surface area contributed by atoms with Gasteiger partial charge in [0.2, 0.25) is 15.9 Å². The molecule has 2 aromatic rings. The Morgan fingerprint density at radius 2 is 1.74 bits per heavy atom. The second-order valence-corrected chi connectivity index (χ2v) is 9.52. The number of amides is 1. The van der Waals surface area contributed by atoms with Crippen LogP contribution < -0.4 is 5.32 Å². The number of nitrogens with one attached hydrogen (secondary N) is 1. The van der Waals surface area contributed by atoms with Gasteiger partial charge in [0, 0.05) is 25.3 Å². The first-order valence-electron chi connectivity index (χ1n) is 11.0. The van der Waals surface area contributed by atoms with Gasteiger partial charge >= 0.3 is 0 Å². The van der Waals surface area contributed by atoms with Gasteiger partial charge in [-0.15, -0.1) is 0 Å². The summed E-state index contributed by atoms with van der Waals surface area (Å²) in [7, 11) is -4.15. The Hall–Kier alpha value is -2.66. The van der Waals surface area contributed by atoms with Crippen LogP contribution in [0.2, 0.25) is 0 Å². The summed E-state index contributed by atoms with van der Waals surface area (Å²) in [5.41, 5.74) is 0.627. The SMILES string of the molecule is CCCOCCOCCNC(=O)C1=CCN(S(=O)(=O)c2cccc(F)c2)C1c1ccc(F)cc1. The third-order valence-electron chi connectivity index (χ3n) is 5.18. The molecule has 1 N–H and O–H groups in total. The van der Waals surface area contributed by atoms with Gasteiger partial charge in [-0.05, 0) is 42.3 Å².